The van der Waals surface area contributed by atoms with Crippen LogP contribution in [0.1, 0.15) is 18.0 Å². The van der Waals surface area contributed by atoms with Crippen LogP contribution >= 0.6 is 11.6 Å². The lowest BCUT2D eigenvalue weighted by atomic mass is 9.93. The molecule has 1 atom stereocenters. The van der Waals surface area contributed by atoms with Crippen LogP contribution in [-0.4, -0.2) is 22.2 Å². The van der Waals surface area contributed by atoms with Gasteiger partial charge in [-0.05, 0) is 35.7 Å². The largest absolute Gasteiger partial charge is 0.478 e. The molecule has 1 unspecified atom stereocenters. The molecule has 7 heteroatoms. The highest BCUT2D eigenvalue weighted by Crippen LogP contribution is 2.31. The first-order valence-electron chi connectivity index (χ1n) is 7.81. The molecule has 0 bridgehead atoms. The lowest BCUT2D eigenvalue weighted by molar-refractivity contribution is -0.134. The van der Waals surface area contributed by atoms with E-state index in [9.17, 15) is 14.0 Å². The zero-order valence-corrected chi connectivity index (χ0v) is 15.1. The quantitative estimate of drug-likeness (QED) is 0.499. The van der Waals surface area contributed by atoms with Crippen molar-refractivity contribution in [3.8, 4) is 11.1 Å². The topological polar surface area (TPSA) is 101 Å². The van der Waals surface area contributed by atoms with Crippen molar-refractivity contribution in [1.82, 2.24) is 0 Å². The van der Waals surface area contributed by atoms with E-state index in [2.05, 4.69) is 6.58 Å². The molecule has 0 radical (unpaired) electrons. The normalized spacial score (nSPS) is 11.4. The van der Waals surface area contributed by atoms with Gasteiger partial charge in [0.25, 0.3) is 0 Å². The highest BCUT2D eigenvalue weighted by Gasteiger charge is 2.13. The van der Waals surface area contributed by atoms with Crippen molar-refractivity contribution in [3.05, 3.63) is 83.7 Å². The van der Waals surface area contributed by atoms with E-state index < -0.39 is 11.9 Å². The number of aliphatic carboxylic acids is 2. The third-order valence-electron chi connectivity index (χ3n) is 3.37. The first-order valence-corrected chi connectivity index (χ1v) is 8.18. The second kappa shape index (κ2) is 10.9. The third kappa shape index (κ3) is 7.43. The van der Waals surface area contributed by atoms with Crippen LogP contribution in [0.25, 0.3) is 11.1 Å². The van der Waals surface area contributed by atoms with Crippen molar-refractivity contribution < 1.29 is 24.2 Å². The summed E-state index contributed by atoms with van der Waals surface area (Å²) in [5.74, 6) is -2.86. The molecule has 0 fully saturated rings. The fourth-order valence-electron chi connectivity index (χ4n) is 2.22. The average molecular weight is 392 g/mol. The van der Waals surface area contributed by atoms with Crippen LogP contribution in [0.5, 0.6) is 0 Å². The predicted octanol–water partition coefficient (Wildman–Crippen LogP) is 4.43. The van der Waals surface area contributed by atoms with E-state index in [4.69, 9.17) is 27.5 Å². The summed E-state index contributed by atoms with van der Waals surface area (Å²) in [6.07, 6.45) is 3.52. The van der Waals surface area contributed by atoms with Crippen LogP contribution in [0.3, 0.4) is 0 Å². The summed E-state index contributed by atoms with van der Waals surface area (Å²) in [5, 5.41) is 16.0. The summed E-state index contributed by atoms with van der Waals surface area (Å²) >= 11 is 5.78. The van der Waals surface area contributed by atoms with Gasteiger partial charge in [-0.15, -0.1) is 6.58 Å². The van der Waals surface area contributed by atoms with Crippen LogP contribution in [0.15, 0.2) is 67.3 Å². The van der Waals surface area contributed by atoms with E-state index in [1.54, 1.807) is 18.2 Å². The highest BCUT2D eigenvalue weighted by molar-refractivity contribution is 6.30. The lowest BCUT2D eigenvalue weighted by Crippen LogP contribution is -2.10. The van der Waals surface area contributed by atoms with Crippen molar-refractivity contribution in [2.45, 2.75) is 12.5 Å². The molecule has 2 rings (SSSR count). The van der Waals surface area contributed by atoms with Crippen molar-refractivity contribution in [3.63, 3.8) is 0 Å². The summed E-state index contributed by atoms with van der Waals surface area (Å²) in [6.45, 7) is 3.69. The maximum absolute atomic E-state index is 14.0. The molecule has 0 aliphatic carbocycles. The molecule has 142 valence electrons. The Labute approximate surface area is 161 Å². The van der Waals surface area contributed by atoms with Gasteiger partial charge in [-0.25, -0.2) is 14.0 Å². The second-order valence-electron chi connectivity index (χ2n) is 5.35. The fourth-order valence-corrected chi connectivity index (χ4v) is 2.38. The molecular formula is C20H19ClFNO4. The summed E-state index contributed by atoms with van der Waals surface area (Å²) < 4.78 is 14.0. The summed E-state index contributed by atoms with van der Waals surface area (Å²) in [5.41, 5.74) is 8.32. The monoisotopic (exact) mass is 391 g/mol. The molecule has 27 heavy (non-hydrogen) atoms. The molecule has 0 saturated carbocycles. The van der Waals surface area contributed by atoms with Gasteiger partial charge in [0.15, 0.2) is 0 Å². The molecule has 0 aliphatic rings. The molecule has 0 heterocycles. The standard InChI is InChI=1S/C16H15ClFN.C4H4O4/c1-2-5-16(19)14-7-4-3-6-12(14)13-9-8-11(17)10-15(13)18;5-3(6)1-2-4(7)8/h2-4,6-10,16H,1,5,19H2;1-2H,(H,5,6)(H,7,8)/b;2-1+. The summed E-state index contributed by atoms with van der Waals surface area (Å²) in [7, 11) is 0. The molecule has 4 N–H and O–H groups in total. The van der Waals surface area contributed by atoms with Crippen molar-refractivity contribution in [1.29, 1.82) is 0 Å². The molecule has 0 spiro atoms. The Morgan fingerprint density at radius 3 is 2.22 bits per heavy atom. The Kier molecular flexibility index (Phi) is 8.92. The number of hydrogen-bond acceptors (Lipinski definition) is 3. The van der Waals surface area contributed by atoms with Crippen molar-refractivity contribution in [2.75, 3.05) is 0 Å². The van der Waals surface area contributed by atoms with Gasteiger partial charge in [0.05, 0.1) is 0 Å². The smallest absolute Gasteiger partial charge is 0.328 e. The van der Waals surface area contributed by atoms with E-state index >= 15 is 0 Å². The molecule has 0 aromatic heterocycles. The second-order valence-corrected chi connectivity index (χ2v) is 5.79. The number of halogens is 2. The Bertz CT molecular complexity index is 836. The van der Waals surface area contributed by atoms with Gasteiger partial charge in [0, 0.05) is 28.8 Å². The number of carboxylic acid groups (broad SMARTS) is 2. The van der Waals surface area contributed by atoms with E-state index in [0.29, 0.717) is 29.2 Å². The first-order chi connectivity index (χ1) is 12.8. The van der Waals surface area contributed by atoms with Gasteiger partial charge < -0.3 is 15.9 Å². The number of rotatable bonds is 6. The predicted molar refractivity (Wildman–Crippen MR) is 103 cm³/mol. The maximum Gasteiger partial charge on any atom is 0.328 e. The molecular weight excluding hydrogens is 373 g/mol. The van der Waals surface area contributed by atoms with E-state index in [1.165, 1.54) is 6.07 Å². The van der Waals surface area contributed by atoms with Gasteiger partial charge in [-0.1, -0.05) is 41.9 Å². The molecule has 0 saturated heterocycles. The maximum atomic E-state index is 14.0. The van der Waals surface area contributed by atoms with Crippen molar-refractivity contribution in [2.24, 2.45) is 5.73 Å². The molecule has 0 amide bonds. The van der Waals surface area contributed by atoms with Gasteiger partial charge in [-0.2, -0.15) is 0 Å². The van der Waals surface area contributed by atoms with Gasteiger partial charge in [-0.3, -0.25) is 0 Å². The highest BCUT2D eigenvalue weighted by atomic mass is 35.5. The SMILES string of the molecule is C=CCC(N)c1ccccc1-c1ccc(Cl)cc1F.O=C(O)/C=C/C(=O)O. The van der Waals surface area contributed by atoms with Gasteiger partial charge in [0.1, 0.15) is 5.82 Å². The van der Waals surface area contributed by atoms with E-state index in [1.807, 2.05) is 24.3 Å². The van der Waals surface area contributed by atoms with Crippen LogP contribution in [-0.2, 0) is 9.59 Å². The van der Waals surface area contributed by atoms with Crippen molar-refractivity contribution >= 4 is 23.5 Å². The Hall–Kier alpha value is -2.96. The first kappa shape index (κ1) is 22.1. The molecule has 2 aromatic carbocycles. The number of carbonyl (C=O) groups is 2. The van der Waals surface area contributed by atoms with E-state index in [-0.39, 0.29) is 11.9 Å². The average Bonchev–Trinajstić information content (AvgIpc) is 2.61. The van der Waals surface area contributed by atoms with Crippen LogP contribution in [0.2, 0.25) is 5.02 Å². The number of benzene rings is 2. The summed E-state index contributed by atoms with van der Waals surface area (Å²) in [6, 6.07) is 12.0. The number of carboxylic acids is 2. The van der Waals surface area contributed by atoms with Crippen LogP contribution in [0.4, 0.5) is 4.39 Å². The number of hydrogen-bond donors (Lipinski definition) is 3. The zero-order chi connectivity index (χ0) is 20.4. The summed E-state index contributed by atoms with van der Waals surface area (Å²) in [4.78, 5) is 19.1. The molecule has 0 aliphatic heterocycles. The number of nitrogens with two attached hydrogens (primary N) is 1. The van der Waals surface area contributed by atoms with Gasteiger partial charge >= 0.3 is 11.9 Å². The minimum Gasteiger partial charge on any atom is -0.478 e. The third-order valence-corrected chi connectivity index (χ3v) is 3.61. The zero-order valence-electron chi connectivity index (χ0n) is 14.3. The van der Waals surface area contributed by atoms with Crippen LogP contribution < -0.4 is 5.73 Å². The Balaban J connectivity index is 0.000000387. The molecule has 5 nitrogen and oxygen atoms in total. The molecule has 2 aromatic rings. The van der Waals surface area contributed by atoms with E-state index in [0.717, 1.165) is 11.1 Å². The fraction of sp³-hybridized carbons (Fsp3) is 0.100. The minimum atomic E-state index is -1.26. The Morgan fingerprint density at radius 2 is 1.70 bits per heavy atom. The van der Waals surface area contributed by atoms with Crippen LogP contribution in [0, 0.1) is 5.82 Å². The Morgan fingerprint density at radius 1 is 1.11 bits per heavy atom. The minimum absolute atomic E-state index is 0.191. The lowest BCUT2D eigenvalue weighted by Gasteiger charge is -2.15. The van der Waals surface area contributed by atoms with Gasteiger partial charge in [0.2, 0.25) is 0 Å².